The monoisotopic (exact) mass is 2110 g/mol. The maximum Gasteiger partial charge on any atom is 0.339 e. The van der Waals surface area contributed by atoms with Crippen LogP contribution in [0.1, 0.15) is 415 Å². The average molecular weight is 2110 g/mol. The van der Waals surface area contributed by atoms with Crippen molar-refractivity contribution in [1.82, 2.24) is 0 Å². The van der Waals surface area contributed by atoms with Gasteiger partial charge in [-0.2, -0.15) is 8.78 Å². The molecule has 5 aromatic rings. The quantitative estimate of drug-likeness (QED) is 0.00815. The van der Waals surface area contributed by atoms with Crippen LogP contribution in [0.3, 0.4) is 0 Å². The van der Waals surface area contributed by atoms with Crippen molar-refractivity contribution in [3.05, 3.63) is 158 Å². The molecule has 9 N–H and O–H groups in total. The Morgan fingerprint density at radius 2 is 0.649 bits per heavy atom. The van der Waals surface area contributed by atoms with Crippen LogP contribution in [0.25, 0.3) is 0 Å². The Morgan fingerprint density at radius 1 is 0.378 bits per heavy atom. The Labute approximate surface area is 886 Å². The molecule has 23 rings (SSSR count). The van der Waals surface area contributed by atoms with Gasteiger partial charge in [0.2, 0.25) is 11.6 Å². The van der Waals surface area contributed by atoms with E-state index in [9.17, 15) is 77.5 Å². The summed E-state index contributed by atoms with van der Waals surface area (Å²) in [6, 6.07) is 15.1. The number of aromatic carboxylic acids is 1. The van der Waals surface area contributed by atoms with Crippen molar-refractivity contribution in [3.8, 4) is 0 Å². The van der Waals surface area contributed by atoms with Gasteiger partial charge in [-0.25, -0.2) is 24.0 Å². The molecule has 18 saturated carbocycles. The van der Waals surface area contributed by atoms with Gasteiger partial charge >= 0.3 is 47.2 Å². The molecule has 0 radical (unpaired) electrons. The van der Waals surface area contributed by atoms with Crippen molar-refractivity contribution in [1.29, 1.82) is 0 Å². The van der Waals surface area contributed by atoms with E-state index in [2.05, 4.69) is 40.3 Å². The zero-order valence-electron chi connectivity index (χ0n) is 91.7. The molecule has 0 unspecified atom stereocenters. The number of esters is 5. The van der Waals surface area contributed by atoms with Crippen LogP contribution < -0.4 is 32.7 Å². The number of carboxylic acids is 1. The first kappa shape index (κ1) is 118. The predicted molar refractivity (Wildman–Crippen MR) is 566 cm³/mol. The van der Waals surface area contributed by atoms with Crippen molar-refractivity contribution in [2.75, 3.05) is 27.0 Å². The van der Waals surface area contributed by atoms with Crippen LogP contribution in [0, 0.1) is 148 Å². The minimum absolute atomic E-state index is 0. The number of rotatable bonds is 18. The maximum absolute atomic E-state index is 13.3. The van der Waals surface area contributed by atoms with E-state index in [1.54, 1.807) is 74.4 Å². The van der Waals surface area contributed by atoms with Crippen LogP contribution in [0.15, 0.2) is 60.7 Å². The Kier molecular flexibility index (Phi) is 38.2. The Bertz CT molecular complexity index is 5510. The minimum Gasteiger partial charge on any atom is -0.478 e. The van der Waals surface area contributed by atoms with Gasteiger partial charge in [-0.3, -0.25) is 44.7 Å². The number of benzene rings is 5. The number of ketones is 2. The van der Waals surface area contributed by atoms with Gasteiger partial charge in [-0.05, 0) is 466 Å². The van der Waals surface area contributed by atoms with Gasteiger partial charge in [0.25, 0.3) is 5.69 Å². The normalized spacial score (nSPS) is 27.1. The molecule has 0 atom stereocenters. The summed E-state index contributed by atoms with van der Waals surface area (Å²) in [6.07, 6.45) is 43.7. The van der Waals surface area contributed by atoms with Crippen LogP contribution in [0.4, 0.5) is 54.3 Å². The number of nitrogens with two attached hydrogens (primary N) is 2. The molecule has 18 aliphatic rings. The van der Waals surface area contributed by atoms with Gasteiger partial charge < -0.3 is 61.5 Å². The summed E-state index contributed by atoms with van der Waals surface area (Å²) in [7, 11) is 0. The molecule has 810 valence electrons. The van der Waals surface area contributed by atoms with Crippen molar-refractivity contribution in [2.24, 2.45) is 76.7 Å². The van der Waals surface area contributed by atoms with Gasteiger partial charge in [-0.15, -0.1) is 0 Å². The molecule has 16 bridgehead atoms. The number of aryl methyl sites for hydroxylation is 5. The number of halogens is 2. The first-order chi connectivity index (χ1) is 68.3. The van der Waals surface area contributed by atoms with Crippen molar-refractivity contribution >= 4 is 92.9 Å². The van der Waals surface area contributed by atoms with Gasteiger partial charge in [0, 0.05) is 78.7 Å². The van der Waals surface area contributed by atoms with Crippen LogP contribution in [0.2, 0.25) is 0 Å². The Hall–Kier alpha value is -10.1. The van der Waals surface area contributed by atoms with Crippen LogP contribution in [-0.4, -0.2) is 123 Å². The van der Waals surface area contributed by atoms with E-state index in [-0.39, 0.29) is 88.2 Å². The van der Waals surface area contributed by atoms with E-state index in [0.717, 1.165) is 157 Å². The third kappa shape index (κ3) is 33.0. The number of nitrogens with one attached hydrogen (secondary N) is 4. The van der Waals surface area contributed by atoms with Gasteiger partial charge in [0.05, 0.1) is 65.3 Å². The number of carboxylic acid groups (broad SMARTS) is 1. The standard InChI is InChI=1S/C28H42N2O2.C22H30N2O4.C22H32N2O2.C12H14FNO4.C10H17N.C8H6FNO4.C8H14O3.C6H10O.Zn/c1-18-10-25(30-28-15-19-11-20(16-28)13-21(12-19)17-28)24(29-22-8-6-5-7-9-22)14-23(18)26(31)32-27(2,3)4;1-13-5-18(19(24(26)27)9-17(13)20(25)28-21(2,3)4)23-22-10-14-6-15(11-22)8-16(7-14)12-22;1-13-5-19(18(23)9-17(13)20(25)26-21(2,3)4)24-22-10-14-6-15(11-22)8-16(7-14)12-22;1-7-5-9(13)10(14(16)17)6-8(7)11(15)18-12(2,3)4;11-10-4-7-1-8(5-10)3-9(2-7)6-10;1-4-2-6(9)7(10(13)14)3-5(4)8(11)12;1-6(9)5-7(10)11-8(2,3)4;7-6-4-2-1-3-5-6;/h10,14,19-22,29-30H,5-9,11-13,15-17H2,1-4H3;5,9,14-16,23H,6-8,10-12H2,1-4H3;5,9,14-16,24H,6-8,10-12,23H2,1-4H3;5-6H,1-4H3;7-9H,1-6,11H2;2-3H,1H3,(H,11,12);5H2,1-4H3;1-5H2;. The second kappa shape index (κ2) is 47.8. The number of nitrogen functional groups attached to an aromatic ring is 1. The largest absolute Gasteiger partial charge is 0.478 e. The molecule has 29 nitrogen and oxygen atoms in total. The van der Waals surface area contributed by atoms with E-state index >= 15 is 0 Å². The zero-order valence-corrected chi connectivity index (χ0v) is 94.7. The molecule has 148 heavy (non-hydrogen) atoms. The molecule has 0 saturated heterocycles. The van der Waals surface area contributed by atoms with Crippen LogP contribution in [-0.2, 0) is 57.5 Å². The van der Waals surface area contributed by atoms with E-state index in [1.165, 1.54) is 206 Å². The maximum atomic E-state index is 13.3. The van der Waals surface area contributed by atoms with Crippen molar-refractivity contribution in [3.63, 3.8) is 0 Å². The summed E-state index contributed by atoms with van der Waals surface area (Å²) >= 11 is 0. The van der Waals surface area contributed by atoms with E-state index < -0.39 is 89.7 Å². The Balaban J connectivity index is 0.000000167. The molecular weight excluding hydrogens is 1940 g/mol. The zero-order chi connectivity index (χ0) is 108. The fraction of sp³-hybridized carbons (Fsp3) is 0.672. The number of nitro groups is 3. The minimum atomic E-state index is -1.31. The smallest absolute Gasteiger partial charge is 0.339 e. The van der Waals surface area contributed by atoms with Crippen LogP contribution in [0.5, 0.6) is 0 Å². The summed E-state index contributed by atoms with van der Waals surface area (Å²) in [4.78, 5) is 122. The summed E-state index contributed by atoms with van der Waals surface area (Å²) in [5, 5.41) is 56.7. The summed E-state index contributed by atoms with van der Waals surface area (Å²) in [6.45, 7) is 37.2. The number of ether oxygens (including phenoxy) is 5. The fourth-order valence-electron chi connectivity index (χ4n) is 27.6. The summed E-state index contributed by atoms with van der Waals surface area (Å²) in [5.74, 6) is 5.48. The number of carbonyl (C=O) groups is 8. The predicted octanol–water partition coefficient (Wildman–Crippen LogP) is 26.7. The summed E-state index contributed by atoms with van der Waals surface area (Å²) in [5.41, 5.74) is 17.7. The number of Topliss-reactive ketones (excluding diaryl/α,β-unsaturated/α-hetero) is 2. The number of hydrogen-bond acceptors (Lipinski definition) is 25. The van der Waals surface area contributed by atoms with Crippen molar-refractivity contribution < 1.29 is 110 Å². The number of nitro benzene ring substituents is 3. The van der Waals surface area contributed by atoms with Gasteiger partial charge in [0.15, 0.2) is 0 Å². The number of anilines is 5. The molecule has 0 amide bonds. The first-order valence-corrected chi connectivity index (χ1v) is 53.9. The van der Waals surface area contributed by atoms with Gasteiger partial charge in [-0.1, -0.05) is 25.7 Å². The van der Waals surface area contributed by atoms with E-state index in [4.69, 9.17) is 40.3 Å². The first-order valence-electron chi connectivity index (χ1n) is 53.9. The molecule has 18 aliphatic carbocycles. The molecule has 0 heterocycles. The van der Waals surface area contributed by atoms with Crippen molar-refractivity contribution in [2.45, 2.75) is 426 Å². The molecule has 5 aromatic carbocycles. The molecule has 18 fully saturated rings. The average Bonchev–Trinajstić information content (AvgIpc) is 0.708. The second-order valence-corrected chi connectivity index (χ2v) is 51.3. The molecule has 0 aromatic heterocycles. The van der Waals surface area contributed by atoms with Gasteiger partial charge in [0.1, 0.15) is 51.7 Å². The van der Waals surface area contributed by atoms with Crippen LogP contribution >= 0.6 is 0 Å². The van der Waals surface area contributed by atoms with E-state index in [0.29, 0.717) is 57.1 Å². The van der Waals surface area contributed by atoms with E-state index in [1.807, 2.05) is 61.5 Å². The number of carbonyl (C=O) groups excluding carboxylic acids is 7. The fourth-order valence-corrected chi connectivity index (χ4v) is 27.6. The molecule has 0 spiro atoms. The second-order valence-electron chi connectivity index (χ2n) is 51.3. The summed E-state index contributed by atoms with van der Waals surface area (Å²) < 4.78 is 52.9. The Morgan fingerprint density at radius 3 is 0.953 bits per heavy atom. The third-order valence-electron chi connectivity index (χ3n) is 31.6. The topological polar surface area (TPSA) is 433 Å². The SMILES string of the molecule is CC(=O)CC(=O)OC(C)(C)C.Cc1cc(F)c([N+](=O)[O-])cc1C(=O)O.Cc1cc(F)c([N+](=O)[O-])cc1C(=O)OC(C)(C)C.Cc1cc(NC23CC4CC(CC(C4)C2)C3)c(N)cc1C(=O)OC(C)(C)C.Cc1cc(NC23CC4CC(CC(C4)C2)C3)c(NC2CCCCC2)cc1C(=O)OC(C)(C)C.Cc1cc(NC23CC4CC(CC(C4)C2)C3)c([N+](=O)[O-])cc1C(=O)OC(C)(C)C.NC12CC3CC(CC(C3)C1)C2.O=C1CCCCC1.[Zn]. The molecule has 32 heteroatoms. The number of nitrogens with zero attached hydrogens (tertiary/aromatic N) is 3. The number of hydrogen-bond donors (Lipinski definition) is 7. The molecule has 0 aliphatic heterocycles. The molecular formula is C116H165F2N9O20Zn. The third-order valence-corrected chi connectivity index (χ3v) is 31.6.